The first kappa shape index (κ1) is 11.0. The molecule has 0 saturated carbocycles. The molecule has 5 heteroatoms. The van der Waals surface area contributed by atoms with Crippen LogP contribution >= 0.6 is 0 Å². The number of carboxylic acids is 1. The largest absolute Gasteiger partial charge is 0.481 e. The van der Waals surface area contributed by atoms with E-state index >= 15 is 0 Å². The van der Waals surface area contributed by atoms with Crippen molar-refractivity contribution in [1.29, 1.82) is 0 Å². The average molecular weight is 222 g/mol. The Morgan fingerprint density at radius 1 is 1.69 bits per heavy atom. The molecule has 0 aliphatic heterocycles. The fourth-order valence-electron chi connectivity index (χ4n) is 1.96. The minimum absolute atomic E-state index is 0.288. The Kier molecular flexibility index (Phi) is 3.14. The van der Waals surface area contributed by atoms with Gasteiger partial charge in [0.2, 0.25) is 0 Å². The Bertz CT molecular complexity index is 406. The highest BCUT2D eigenvalue weighted by molar-refractivity contribution is 5.70. The van der Waals surface area contributed by atoms with E-state index in [9.17, 15) is 4.79 Å². The van der Waals surface area contributed by atoms with Crippen LogP contribution in [0.1, 0.15) is 23.5 Å². The van der Waals surface area contributed by atoms with Gasteiger partial charge in [0.05, 0.1) is 5.92 Å². The van der Waals surface area contributed by atoms with Crippen LogP contribution in [0.5, 0.6) is 0 Å². The molecule has 0 spiro atoms. The van der Waals surface area contributed by atoms with E-state index in [4.69, 9.17) is 9.84 Å². The molecular formula is C11H14N2O3. The molecule has 1 aromatic rings. The summed E-state index contributed by atoms with van der Waals surface area (Å²) in [5, 5.41) is 8.94. The molecular weight excluding hydrogens is 208 g/mol. The second kappa shape index (κ2) is 4.57. The van der Waals surface area contributed by atoms with Gasteiger partial charge in [0.15, 0.2) is 5.82 Å². The number of aliphatic carboxylic acids is 1. The number of aryl methyl sites for hydroxylation is 1. The highest BCUT2D eigenvalue weighted by atomic mass is 16.5. The van der Waals surface area contributed by atoms with Crippen LogP contribution in [0.25, 0.3) is 0 Å². The van der Waals surface area contributed by atoms with Gasteiger partial charge in [0, 0.05) is 19.0 Å². The molecule has 86 valence electrons. The van der Waals surface area contributed by atoms with E-state index < -0.39 is 5.97 Å². The summed E-state index contributed by atoms with van der Waals surface area (Å²) in [4.78, 5) is 19.4. The Balaban J connectivity index is 2.18. The number of rotatable bonds is 3. The van der Waals surface area contributed by atoms with Crippen LogP contribution < -0.4 is 0 Å². The van der Waals surface area contributed by atoms with E-state index in [0.29, 0.717) is 31.7 Å². The third-order valence-corrected chi connectivity index (χ3v) is 2.82. The standard InChI is InChI=1S/C11H14N2O3/c1-16-6-10-12-5-8-4-7(11(14)15)2-3-9(8)13-10/h5,7H,2-4,6H2,1H3,(H,14,15). The molecule has 5 nitrogen and oxygen atoms in total. The Hall–Kier alpha value is -1.49. The van der Waals surface area contributed by atoms with Gasteiger partial charge in [0.1, 0.15) is 6.61 Å². The zero-order valence-electron chi connectivity index (χ0n) is 9.14. The van der Waals surface area contributed by atoms with Crippen molar-refractivity contribution in [1.82, 2.24) is 9.97 Å². The normalized spacial score (nSPS) is 19.2. The van der Waals surface area contributed by atoms with Gasteiger partial charge in [-0.05, 0) is 24.8 Å². The van der Waals surface area contributed by atoms with Crippen LogP contribution in [0.4, 0.5) is 0 Å². The minimum Gasteiger partial charge on any atom is -0.481 e. The van der Waals surface area contributed by atoms with Gasteiger partial charge in [-0.3, -0.25) is 4.79 Å². The fourth-order valence-corrected chi connectivity index (χ4v) is 1.96. The molecule has 0 fully saturated rings. The summed E-state index contributed by atoms with van der Waals surface area (Å²) in [5.41, 5.74) is 1.93. The van der Waals surface area contributed by atoms with Crippen molar-refractivity contribution >= 4 is 5.97 Å². The molecule has 1 heterocycles. The number of aromatic nitrogens is 2. The topological polar surface area (TPSA) is 72.3 Å². The number of carbonyl (C=O) groups is 1. The molecule has 0 amide bonds. The van der Waals surface area contributed by atoms with Gasteiger partial charge in [0.25, 0.3) is 0 Å². The summed E-state index contributed by atoms with van der Waals surface area (Å²) in [6, 6.07) is 0. The second-order valence-electron chi connectivity index (χ2n) is 3.97. The summed E-state index contributed by atoms with van der Waals surface area (Å²) >= 11 is 0. The number of ether oxygens (including phenoxy) is 1. The monoisotopic (exact) mass is 222 g/mol. The summed E-state index contributed by atoms with van der Waals surface area (Å²) in [6.45, 7) is 0.398. The van der Waals surface area contributed by atoms with Gasteiger partial charge < -0.3 is 9.84 Å². The number of methoxy groups -OCH3 is 1. The van der Waals surface area contributed by atoms with E-state index in [0.717, 1.165) is 11.3 Å². The molecule has 1 atom stereocenters. The van der Waals surface area contributed by atoms with Crippen LogP contribution in [0.3, 0.4) is 0 Å². The number of carboxylic acid groups (broad SMARTS) is 1. The van der Waals surface area contributed by atoms with Crippen molar-refractivity contribution in [2.75, 3.05) is 7.11 Å². The highest BCUT2D eigenvalue weighted by Gasteiger charge is 2.25. The van der Waals surface area contributed by atoms with Gasteiger partial charge in [-0.1, -0.05) is 0 Å². The number of fused-ring (bicyclic) bond motifs is 1. The van der Waals surface area contributed by atoms with E-state index in [-0.39, 0.29) is 5.92 Å². The lowest BCUT2D eigenvalue weighted by molar-refractivity contribution is -0.142. The van der Waals surface area contributed by atoms with E-state index in [1.165, 1.54) is 0 Å². The minimum atomic E-state index is -0.730. The lowest BCUT2D eigenvalue weighted by atomic mass is 9.87. The predicted octanol–water partition coefficient (Wildman–Crippen LogP) is 0.812. The van der Waals surface area contributed by atoms with Gasteiger partial charge in [-0.25, -0.2) is 9.97 Å². The van der Waals surface area contributed by atoms with Gasteiger partial charge >= 0.3 is 5.97 Å². The second-order valence-corrected chi connectivity index (χ2v) is 3.97. The van der Waals surface area contributed by atoms with E-state index in [1.54, 1.807) is 13.3 Å². The molecule has 0 saturated heterocycles. The third-order valence-electron chi connectivity index (χ3n) is 2.82. The van der Waals surface area contributed by atoms with Crippen molar-refractivity contribution in [3.8, 4) is 0 Å². The maximum Gasteiger partial charge on any atom is 0.306 e. The molecule has 2 rings (SSSR count). The van der Waals surface area contributed by atoms with E-state index in [2.05, 4.69) is 9.97 Å². The van der Waals surface area contributed by atoms with Crippen LogP contribution in [-0.2, 0) is 29.0 Å². The third kappa shape index (κ3) is 2.19. The van der Waals surface area contributed by atoms with Crippen LogP contribution in [0, 0.1) is 5.92 Å². The molecule has 0 radical (unpaired) electrons. The zero-order valence-corrected chi connectivity index (χ0v) is 9.14. The summed E-state index contributed by atoms with van der Waals surface area (Å²) < 4.78 is 4.96. The maximum atomic E-state index is 10.9. The van der Waals surface area contributed by atoms with Crippen molar-refractivity contribution in [3.63, 3.8) is 0 Å². The lowest BCUT2D eigenvalue weighted by Gasteiger charge is -2.20. The Morgan fingerprint density at radius 3 is 3.19 bits per heavy atom. The molecule has 1 aromatic heterocycles. The van der Waals surface area contributed by atoms with Crippen molar-refractivity contribution < 1.29 is 14.6 Å². The van der Waals surface area contributed by atoms with Gasteiger partial charge in [-0.15, -0.1) is 0 Å². The number of hydrogen-bond donors (Lipinski definition) is 1. The summed E-state index contributed by atoms with van der Waals surface area (Å²) in [6.07, 6.45) is 3.64. The molecule has 0 bridgehead atoms. The first-order valence-electron chi connectivity index (χ1n) is 5.26. The van der Waals surface area contributed by atoms with E-state index in [1.807, 2.05) is 0 Å². The number of nitrogens with zero attached hydrogens (tertiary/aromatic N) is 2. The Morgan fingerprint density at radius 2 is 2.50 bits per heavy atom. The van der Waals surface area contributed by atoms with Crippen molar-refractivity contribution in [3.05, 3.63) is 23.3 Å². The van der Waals surface area contributed by atoms with Gasteiger partial charge in [-0.2, -0.15) is 0 Å². The SMILES string of the molecule is COCc1ncc2c(n1)CCC(C(=O)O)C2. The smallest absolute Gasteiger partial charge is 0.306 e. The van der Waals surface area contributed by atoms with Crippen LogP contribution in [-0.4, -0.2) is 28.2 Å². The Labute approximate surface area is 93.5 Å². The maximum absolute atomic E-state index is 10.9. The number of hydrogen-bond acceptors (Lipinski definition) is 4. The molecule has 1 aliphatic carbocycles. The highest BCUT2D eigenvalue weighted by Crippen LogP contribution is 2.23. The molecule has 1 aliphatic rings. The quantitative estimate of drug-likeness (QED) is 0.819. The summed E-state index contributed by atoms with van der Waals surface area (Å²) in [5.74, 6) is -0.356. The molecule has 1 unspecified atom stereocenters. The van der Waals surface area contributed by atoms with Crippen molar-refractivity contribution in [2.45, 2.75) is 25.9 Å². The first-order valence-corrected chi connectivity index (χ1v) is 5.26. The predicted molar refractivity (Wildman–Crippen MR) is 55.9 cm³/mol. The molecule has 0 aromatic carbocycles. The molecule has 16 heavy (non-hydrogen) atoms. The zero-order chi connectivity index (χ0) is 11.5. The fraction of sp³-hybridized carbons (Fsp3) is 0.545. The molecule has 1 N–H and O–H groups in total. The average Bonchev–Trinajstić information content (AvgIpc) is 2.28. The first-order chi connectivity index (χ1) is 7.70. The van der Waals surface area contributed by atoms with Crippen LogP contribution in [0.2, 0.25) is 0 Å². The summed E-state index contributed by atoms with van der Waals surface area (Å²) in [7, 11) is 1.60. The van der Waals surface area contributed by atoms with Crippen molar-refractivity contribution in [2.24, 2.45) is 5.92 Å². The lowest BCUT2D eigenvalue weighted by Crippen LogP contribution is -2.23. The van der Waals surface area contributed by atoms with Crippen LogP contribution in [0.15, 0.2) is 6.20 Å².